The molecule has 1 aliphatic heterocycles. The van der Waals surface area contributed by atoms with E-state index < -0.39 is 0 Å². The van der Waals surface area contributed by atoms with Crippen LogP contribution in [0.3, 0.4) is 0 Å². The zero-order valence-corrected chi connectivity index (χ0v) is 13.5. The predicted octanol–water partition coefficient (Wildman–Crippen LogP) is 4.60. The molecule has 0 saturated heterocycles. The highest BCUT2D eigenvalue weighted by Crippen LogP contribution is 2.44. The van der Waals surface area contributed by atoms with E-state index in [0.717, 1.165) is 13.0 Å². The van der Waals surface area contributed by atoms with E-state index in [9.17, 15) is 0 Å². The fourth-order valence-corrected chi connectivity index (χ4v) is 4.01. The molecule has 1 fully saturated rings. The SMILES string of the molecule is c1ccc2c(c1)CC1(CCCCC1)C(=NCc1ccncc1)N2. The van der Waals surface area contributed by atoms with Gasteiger partial charge in [-0.1, -0.05) is 37.5 Å². The van der Waals surface area contributed by atoms with Gasteiger partial charge in [0.05, 0.1) is 6.54 Å². The average Bonchev–Trinajstić information content (AvgIpc) is 2.61. The van der Waals surface area contributed by atoms with Gasteiger partial charge in [0.25, 0.3) is 0 Å². The lowest BCUT2D eigenvalue weighted by atomic mass is 9.67. The molecule has 0 radical (unpaired) electrons. The van der Waals surface area contributed by atoms with Crippen LogP contribution in [0.4, 0.5) is 5.69 Å². The number of pyridine rings is 1. The van der Waals surface area contributed by atoms with Crippen molar-refractivity contribution >= 4 is 11.5 Å². The summed E-state index contributed by atoms with van der Waals surface area (Å²) in [5.41, 5.74) is 4.12. The third-order valence-electron chi connectivity index (χ3n) is 5.28. The second-order valence-electron chi connectivity index (χ2n) is 6.82. The van der Waals surface area contributed by atoms with Crippen molar-refractivity contribution in [1.82, 2.24) is 4.98 Å². The van der Waals surface area contributed by atoms with Gasteiger partial charge in [-0.2, -0.15) is 0 Å². The number of nitrogens with zero attached hydrogens (tertiary/aromatic N) is 2. The third kappa shape index (κ3) is 2.88. The lowest BCUT2D eigenvalue weighted by Crippen LogP contribution is -2.43. The smallest absolute Gasteiger partial charge is 0.108 e. The molecule has 2 heterocycles. The zero-order valence-electron chi connectivity index (χ0n) is 13.5. The molecule has 3 heteroatoms. The van der Waals surface area contributed by atoms with E-state index in [1.807, 2.05) is 24.5 Å². The lowest BCUT2D eigenvalue weighted by molar-refractivity contribution is 0.278. The first-order valence-electron chi connectivity index (χ1n) is 8.65. The molecule has 1 aromatic carbocycles. The Morgan fingerprint density at radius 1 is 1.00 bits per heavy atom. The summed E-state index contributed by atoms with van der Waals surface area (Å²) in [7, 11) is 0. The summed E-state index contributed by atoms with van der Waals surface area (Å²) >= 11 is 0. The highest BCUT2D eigenvalue weighted by atomic mass is 15.0. The molecule has 0 amide bonds. The van der Waals surface area contributed by atoms with Crippen LogP contribution in [0.15, 0.2) is 53.8 Å². The summed E-state index contributed by atoms with van der Waals surface area (Å²) in [5.74, 6) is 1.20. The van der Waals surface area contributed by atoms with Crippen LogP contribution in [0.5, 0.6) is 0 Å². The zero-order chi connectivity index (χ0) is 15.5. The van der Waals surface area contributed by atoms with Crippen molar-refractivity contribution in [3.63, 3.8) is 0 Å². The quantitative estimate of drug-likeness (QED) is 0.880. The molecule has 1 N–H and O–H groups in total. The summed E-state index contributed by atoms with van der Waals surface area (Å²) in [6, 6.07) is 12.8. The van der Waals surface area contributed by atoms with Crippen LogP contribution < -0.4 is 5.32 Å². The molecule has 2 aliphatic rings. The topological polar surface area (TPSA) is 37.3 Å². The maximum absolute atomic E-state index is 5.01. The first-order chi connectivity index (χ1) is 11.4. The molecule has 1 aliphatic carbocycles. The maximum Gasteiger partial charge on any atom is 0.108 e. The molecule has 0 bridgehead atoms. The largest absolute Gasteiger partial charge is 0.343 e. The van der Waals surface area contributed by atoms with E-state index in [2.05, 4.69) is 34.6 Å². The number of benzene rings is 1. The molecule has 0 atom stereocenters. The molecule has 23 heavy (non-hydrogen) atoms. The van der Waals surface area contributed by atoms with E-state index >= 15 is 0 Å². The standard InChI is InChI=1S/C20H23N3/c1-4-10-20(11-5-1)14-17-6-2-3-7-18(17)23-19(20)22-15-16-8-12-21-13-9-16/h2-3,6-9,12-13H,1,4-5,10-11,14-15H2,(H,22,23). The third-order valence-corrected chi connectivity index (χ3v) is 5.28. The van der Waals surface area contributed by atoms with Crippen LogP contribution in [-0.2, 0) is 13.0 Å². The van der Waals surface area contributed by atoms with Crippen molar-refractivity contribution in [2.75, 3.05) is 5.32 Å². The Kier molecular flexibility index (Phi) is 3.86. The maximum atomic E-state index is 5.01. The minimum atomic E-state index is 0.222. The minimum Gasteiger partial charge on any atom is -0.343 e. The number of nitrogens with one attached hydrogen (secondary N) is 1. The van der Waals surface area contributed by atoms with Crippen LogP contribution >= 0.6 is 0 Å². The van der Waals surface area contributed by atoms with Crippen LogP contribution in [0, 0.1) is 5.41 Å². The van der Waals surface area contributed by atoms with E-state index in [0.29, 0.717) is 0 Å². The fraction of sp³-hybridized carbons (Fsp3) is 0.400. The van der Waals surface area contributed by atoms with Gasteiger partial charge in [0.1, 0.15) is 5.84 Å². The van der Waals surface area contributed by atoms with Crippen molar-refractivity contribution in [2.45, 2.75) is 45.1 Å². The predicted molar refractivity (Wildman–Crippen MR) is 94.7 cm³/mol. The molecule has 118 valence electrons. The number of hydrogen-bond donors (Lipinski definition) is 1. The van der Waals surface area contributed by atoms with Crippen LogP contribution in [0.25, 0.3) is 0 Å². The summed E-state index contributed by atoms with van der Waals surface area (Å²) in [6.07, 6.45) is 11.3. The number of rotatable bonds is 2. The molecule has 1 spiro atoms. The van der Waals surface area contributed by atoms with Crippen LogP contribution in [-0.4, -0.2) is 10.8 Å². The van der Waals surface area contributed by atoms with Crippen molar-refractivity contribution in [3.05, 3.63) is 59.9 Å². The van der Waals surface area contributed by atoms with Gasteiger partial charge < -0.3 is 5.32 Å². The number of hydrogen-bond acceptors (Lipinski definition) is 2. The Balaban J connectivity index is 1.67. The molecular formula is C20H23N3. The number of para-hydroxylation sites is 1. The van der Waals surface area contributed by atoms with E-state index in [4.69, 9.17) is 4.99 Å². The minimum absolute atomic E-state index is 0.222. The summed E-state index contributed by atoms with van der Waals surface area (Å²) in [6.45, 7) is 0.731. The average molecular weight is 305 g/mol. The summed E-state index contributed by atoms with van der Waals surface area (Å²) in [4.78, 5) is 9.10. The van der Waals surface area contributed by atoms with Gasteiger partial charge in [-0.3, -0.25) is 9.98 Å². The van der Waals surface area contributed by atoms with Gasteiger partial charge in [0.2, 0.25) is 0 Å². The molecule has 2 aromatic rings. The number of aliphatic imine (C=N–C) groups is 1. The number of amidine groups is 1. The molecule has 4 rings (SSSR count). The second kappa shape index (κ2) is 6.15. The van der Waals surface area contributed by atoms with Gasteiger partial charge in [-0.05, 0) is 48.6 Å². The van der Waals surface area contributed by atoms with Gasteiger partial charge >= 0.3 is 0 Å². The summed E-state index contributed by atoms with van der Waals surface area (Å²) < 4.78 is 0. The monoisotopic (exact) mass is 305 g/mol. The molecular weight excluding hydrogens is 282 g/mol. The van der Waals surface area contributed by atoms with Gasteiger partial charge in [0.15, 0.2) is 0 Å². The highest BCUT2D eigenvalue weighted by Gasteiger charge is 2.40. The second-order valence-corrected chi connectivity index (χ2v) is 6.82. The first-order valence-corrected chi connectivity index (χ1v) is 8.65. The Morgan fingerprint density at radius 3 is 2.61 bits per heavy atom. The molecule has 3 nitrogen and oxygen atoms in total. The van der Waals surface area contributed by atoms with Crippen molar-refractivity contribution in [3.8, 4) is 0 Å². The van der Waals surface area contributed by atoms with Crippen LogP contribution in [0.1, 0.15) is 43.2 Å². The van der Waals surface area contributed by atoms with E-state index in [1.165, 1.54) is 54.8 Å². The Hall–Kier alpha value is -2.16. The molecule has 1 aromatic heterocycles. The van der Waals surface area contributed by atoms with E-state index in [-0.39, 0.29) is 5.41 Å². The highest BCUT2D eigenvalue weighted by molar-refractivity contribution is 6.02. The van der Waals surface area contributed by atoms with Gasteiger partial charge in [-0.25, -0.2) is 0 Å². The fourth-order valence-electron chi connectivity index (χ4n) is 4.01. The van der Waals surface area contributed by atoms with Crippen molar-refractivity contribution in [2.24, 2.45) is 10.4 Å². The number of aromatic nitrogens is 1. The van der Waals surface area contributed by atoms with Gasteiger partial charge in [0, 0.05) is 23.5 Å². The van der Waals surface area contributed by atoms with Crippen molar-refractivity contribution in [1.29, 1.82) is 0 Å². The van der Waals surface area contributed by atoms with Crippen molar-refractivity contribution < 1.29 is 0 Å². The lowest BCUT2D eigenvalue weighted by Gasteiger charge is -2.42. The summed E-state index contributed by atoms with van der Waals surface area (Å²) in [5, 5.41) is 3.66. The Bertz CT molecular complexity index is 700. The van der Waals surface area contributed by atoms with Gasteiger partial charge in [-0.15, -0.1) is 0 Å². The Labute approximate surface area is 137 Å². The molecule has 1 saturated carbocycles. The molecule has 0 unspecified atom stereocenters. The Morgan fingerprint density at radius 2 is 1.78 bits per heavy atom. The van der Waals surface area contributed by atoms with E-state index in [1.54, 1.807) is 0 Å². The normalized spacial score (nSPS) is 21.0. The number of fused-ring (bicyclic) bond motifs is 1. The first kappa shape index (κ1) is 14.4. The number of anilines is 1. The van der Waals surface area contributed by atoms with Crippen LogP contribution in [0.2, 0.25) is 0 Å².